The lowest BCUT2D eigenvalue weighted by atomic mass is 9.65. The van der Waals surface area contributed by atoms with Crippen LogP contribution < -0.4 is 5.32 Å². The summed E-state index contributed by atoms with van der Waals surface area (Å²) in [6.45, 7) is 3.42. The van der Waals surface area contributed by atoms with Gasteiger partial charge >= 0.3 is 0 Å². The zero-order chi connectivity index (χ0) is 24.6. The van der Waals surface area contributed by atoms with Crippen molar-refractivity contribution in [2.75, 3.05) is 5.32 Å². The molecule has 0 fully saturated rings. The molecule has 0 saturated heterocycles. The monoisotopic (exact) mass is 468 g/mol. The van der Waals surface area contributed by atoms with Crippen LogP contribution in [0.5, 0.6) is 0 Å². The molecule has 2 aromatic heterocycles. The van der Waals surface area contributed by atoms with Gasteiger partial charge in [0.25, 0.3) is 5.54 Å². The third-order valence-corrected chi connectivity index (χ3v) is 6.58. The number of carbonyl (C=O) groups is 1. The third-order valence-electron chi connectivity index (χ3n) is 6.58. The predicted octanol–water partition coefficient (Wildman–Crippen LogP) is 4.35. The van der Waals surface area contributed by atoms with Crippen molar-refractivity contribution in [3.8, 4) is 11.4 Å². The van der Waals surface area contributed by atoms with Crippen LogP contribution in [-0.2, 0) is 16.8 Å². The highest BCUT2D eigenvalue weighted by Gasteiger charge is 2.55. The highest BCUT2D eigenvalue weighted by molar-refractivity contribution is 5.93. The number of H-pyrrole nitrogens is 1. The quantitative estimate of drug-likeness (QED) is 0.320. The number of amides is 1. The molecule has 176 valence electrons. The van der Waals surface area contributed by atoms with Gasteiger partial charge in [0.1, 0.15) is 0 Å². The summed E-state index contributed by atoms with van der Waals surface area (Å²) >= 11 is 0. The molecule has 4 aromatic rings. The molecule has 0 saturated carbocycles. The maximum absolute atomic E-state index is 13.4. The molecule has 1 aliphatic rings. The van der Waals surface area contributed by atoms with Crippen molar-refractivity contribution in [2.24, 2.45) is 5.41 Å². The molecule has 0 unspecified atom stereocenters. The Bertz CT molecular complexity index is 1370. The largest absolute Gasteiger partial charge is 0.293 e. The van der Waals surface area contributed by atoms with Crippen LogP contribution in [0.15, 0.2) is 73.1 Å². The van der Waals surface area contributed by atoms with E-state index in [0.29, 0.717) is 23.4 Å². The van der Waals surface area contributed by atoms with E-state index in [4.69, 9.17) is 0 Å². The topological polar surface area (TPSA) is 127 Å². The van der Waals surface area contributed by atoms with E-state index in [1.807, 2.05) is 42.5 Å². The minimum Gasteiger partial charge on any atom is -0.293 e. The molecule has 0 bridgehead atoms. The maximum Gasteiger partial charge on any atom is 0.273 e. The molecule has 0 radical (unpaired) electrons. The molecule has 1 amide bonds. The van der Waals surface area contributed by atoms with Crippen molar-refractivity contribution in [3.63, 3.8) is 0 Å². The number of pyridine rings is 1. The Morgan fingerprint density at radius 1 is 1.09 bits per heavy atom. The number of nitro groups is 1. The number of benzene rings is 2. The number of aromatic nitrogens is 4. The molecule has 9 nitrogen and oxygen atoms in total. The Kier molecular flexibility index (Phi) is 5.39. The van der Waals surface area contributed by atoms with Crippen LogP contribution in [0.1, 0.15) is 42.5 Å². The fourth-order valence-corrected chi connectivity index (χ4v) is 4.90. The van der Waals surface area contributed by atoms with Gasteiger partial charge in [-0.2, -0.15) is 4.98 Å². The van der Waals surface area contributed by atoms with E-state index in [1.165, 1.54) is 0 Å². The highest BCUT2D eigenvalue weighted by Crippen LogP contribution is 2.48. The maximum atomic E-state index is 13.4. The minimum absolute atomic E-state index is 0.0350. The molecule has 9 heteroatoms. The molecule has 0 spiro atoms. The lowest BCUT2D eigenvalue weighted by Gasteiger charge is -2.37. The number of carbonyl (C=O) groups excluding carboxylic acids is 1. The first-order valence-corrected chi connectivity index (χ1v) is 11.3. The zero-order valence-electron chi connectivity index (χ0n) is 19.4. The molecule has 0 aliphatic heterocycles. The van der Waals surface area contributed by atoms with Gasteiger partial charge < -0.3 is 0 Å². The summed E-state index contributed by atoms with van der Waals surface area (Å²) in [5.41, 5.74) is 1.08. The second kappa shape index (κ2) is 8.43. The van der Waals surface area contributed by atoms with Crippen LogP contribution >= 0.6 is 0 Å². The van der Waals surface area contributed by atoms with Gasteiger partial charge in [0, 0.05) is 40.4 Å². The number of rotatable bonds is 6. The Balaban J connectivity index is 1.49. The van der Waals surface area contributed by atoms with Crippen LogP contribution in [0, 0.1) is 15.5 Å². The van der Waals surface area contributed by atoms with E-state index in [-0.39, 0.29) is 17.3 Å². The molecule has 2 aromatic carbocycles. The van der Waals surface area contributed by atoms with Gasteiger partial charge in [-0.1, -0.05) is 62.4 Å². The second-order valence-corrected chi connectivity index (χ2v) is 9.37. The van der Waals surface area contributed by atoms with E-state index in [2.05, 4.69) is 25.5 Å². The van der Waals surface area contributed by atoms with Gasteiger partial charge in [0.15, 0.2) is 5.82 Å². The van der Waals surface area contributed by atoms with Gasteiger partial charge in [0.2, 0.25) is 11.9 Å². The van der Waals surface area contributed by atoms with E-state index >= 15 is 0 Å². The third kappa shape index (κ3) is 3.84. The van der Waals surface area contributed by atoms with E-state index in [9.17, 15) is 14.9 Å². The summed E-state index contributed by atoms with van der Waals surface area (Å²) < 4.78 is 0. The lowest BCUT2D eigenvalue weighted by Crippen LogP contribution is -2.47. The number of hydrogen-bond acceptors (Lipinski definition) is 6. The van der Waals surface area contributed by atoms with Crippen LogP contribution in [0.4, 0.5) is 5.95 Å². The summed E-state index contributed by atoms with van der Waals surface area (Å²) in [5.74, 6) is 0.153. The molecule has 0 atom stereocenters. The van der Waals surface area contributed by atoms with Crippen molar-refractivity contribution >= 4 is 11.9 Å². The average molecular weight is 469 g/mol. The van der Waals surface area contributed by atoms with Gasteiger partial charge in [0.05, 0.1) is 5.41 Å². The van der Waals surface area contributed by atoms with Gasteiger partial charge in [-0.3, -0.25) is 30.3 Å². The van der Waals surface area contributed by atoms with Crippen molar-refractivity contribution in [1.82, 2.24) is 20.2 Å². The lowest BCUT2D eigenvalue weighted by molar-refractivity contribution is -0.570. The Morgan fingerprint density at radius 3 is 2.34 bits per heavy atom. The summed E-state index contributed by atoms with van der Waals surface area (Å²) in [6.07, 6.45) is 3.86. The van der Waals surface area contributed by atoms with E-state index in [0.717, 1.165) is 16.7 Å². The first kappa shape index (κ1) is 22.4. The summed E-state index contributed by atoms with van der Waals surface area (Å²) in [6, 6.07) is 18.4. The first-order valence-electron chi connectivity index (χ1n) is 11.3. The zero-order valence-corrected chi connectivity index (χ0v) is 19.4. The predicted molar refractivity (Wildman–Crippen MR) is 130 cm³/mol. The summed E-state index contributed by atoms with van der Waals surface area (Å²) in [4.78, 5) is 34.4. The first-order chi connectivity index (χ1) is 16.8. The number of nitrogens with zero attached hydrogens (tertiary/aromatic N) is 4. The molecular weight excluding hydrogens is 444 g/mol. The fourth-order valence-electron chi connectivity index (χ4n) is 4.90. The fraction of sp³-hybridized carbons (Fsp3) is 0.231. The van der Waals surface area contributed by atoms with Crippen molar-refractivity contribution in [2.45, 2.75) is 32.2 Å². The van der Waals surface area contributed by atoms with Gasteiger partial charge in [-0.05, 0) is 29.7 Å². The molecule has 35 heavy (non-hydrogen) atoms. The van der Waals surface area contributed by atoms with Crippen molar-refractivity contribution in [1.29, 1.82) is 0 Å². The van der Waals surface area contributed by atoms with Crippen LogP contribution in [0.25, 0.3) is 11.4 Å². The number of fused-ring (bicyclic) bond motifs is 2. The second-order valence-electron chi connectivity index (χ2n) is 9.37. The van der Waals surface area contributed by atoms with Crippen LogP contribution in [-0.4, -0.2) is 31.0 Å². The summed E-state index contributed by atoms with van der Waals surface area (Å²) in [5, 5.41) is 22.5. The number of nitrogens with one attached hydrogen (secondary N) is 2. The normalized spacial score (nSPS) is 14.0. The summed E-state index contributed by atoms with van der Waals surface area (Å²) in [7, 11) is 0. The Hall–Kier alpha value is -4.40. The van der Waals surface area contributed by atoms with Gasteiger partial charge in [-0.15, -0.1) is 5.10 Å². The van der Waals surface area contributed by atoms with E-state index in [1.54, 1.807) is 44.4 Å². The average Bonchev–Trinajstić information content (AvgIpc) is 3.32. The number of hydrogen-bond donors (Lipinski definition) is 2. The molecule has 1 aliphatic carbocycles. The Morgan fingerprint density at radius 2 is 1.74 bits per heavy atom. The molecule has 5 rings (SSSR count). The highest BCUT2D eigenvalue weighted by atomic mass is 16.6. The molecule has 2 heterocycles. The number of aromatic amines is 1. The van der Waals surface area contributed by atoms with E-state index < -0.39 is 16.9 Å². The molecule has 2 N–H and O–H groups in total. The number of anilines is 1. The molecular formula is C26H24N6O3. The van der Waals surface area contributed by atoms with Crippen LogP contribution in [0.3, 0.4) is 0 Å². The van der Waals surface area contributed by atoms with Crippen molar-refractivity contribution < 1.29 is 9.72 Å². The smallest absolute Gasteiger partial charge is 0.273 e. The SMILES string of the molecule is CC(C)(CC1([N+](=O)[O-])c2ccccc2Cc2ccccc21)C(=O)Nc1n[nH]c(-c2cccnc2)n1. The Labute approximate surface area is 201 Å². The van der Waals surface area contributed by atoms with Gasteiger partial charge in [-0.25, -0.2) is 0 Å². The standard InChI is InChI=1S/C26H24N6O3/c1-25(2,23(33)29-24-28-22(30-31-24)19-10-7-13-27-15-19)16-26(32(34)35)20-11-5-3-8-17(20)14-18-9-4-6-12-21(18)26/h3-13,15H,14,16H2,1-2H3,(H2,28,29,30,31,33). The minimum atomic E-state index is -1.56. The van der Waals surface area contributed by atoms with Crippen molar-refractivity contribution in [3.05, 3.63) is 105 Å². The van der Waals surface area contributed by atoms with Crippen LogP contribution in [0.2, 0.25) is 0 Å².